The summed E-state index contributed by atoms with van der Waals surface area (Å²) in [5.41, 5.74) is 0.584. The zero-order valence-electron chi connectivity index (χ0n) is 16.2. The fourth-order valence-corrected chi connectivity index (χ4v) is 3.54. The van der Waals surface area contributed by atoms with E-state index in [9.17, 15) is 13.2 Å². The number of hydrogen-bond acceptors (Lipinski definition) is 7. The van der Waals surface area contributed by atoms with Gasteiger partial charge in [0.15, 0.2) is 11.5 Å². The smallest absolute Gasteiger partial charge is 0.262 e. The summed E-state index contributed by atoms with van der Waals surface area (Å²) in [5, 5.41) is 2.57. The quantitative estimate of drug-likeness (QED) is 0.687. The normalized spacial score (nSPS) is 10.8. The lowest BCUT2D eigenvalue weighted by Gasteiger charge is -2.16. The van der Waals surface area contributed by atoms with Crippen molar-refractivity contribution in [1.29, 1.82) is 0 Å². The summed E-state index contributed by atoms with van der Waals surface area (Å²) in [4.78, 5) is 11.2. The van der Waals surface area contributed by atoms with Gasteiger partial charge in [0.1, 0.15) is 5.75 Å². The minimum atomic E-state index is -3.96. The van der Waals surface area contributed by atoms with Crippen LogP contribution < -0.4 is 29.0 Å². The van der Waals surface area contributed by atoms with Crippen LogP contribution in [0.5, 0.6) is 23.0 Å². The number of ether oxygens (including phenoxy) is 4. The fourth-order valence-electron chi connectivity index (χ4n) is 2.49. The van der Waals surface area contributed by atoms with Gasteiger partial charge in [0.25, 0.3) is 10.0 Å². The molecule has 2 aromatic carbocycles. The Bertz CT molecular complexity index is 949. The molecule has 0 aliphatic heterocycles. The number of methoxy groups -OCH3 is 4. The van der Waals surface area contributed by atoms with Crippen molar-refractivity contribution < 1.29 is 32.2 Å². The molecule has 0 aliphatic carbocycles. The Morgan fingerprint density at radius 1 is 0.857 bits per heavy atom. The van der Waals surface area contributed by atoms with Gasteiger partial charge in [-0.2, -0.15) is 0 Å². The molecule has 2 rings (SSSR count). The number of sulfonamides is 1. The molecule has 0 atom stereocenters. The number of hydrogen-bond donors (Lipinski definition) is 2. The molecule has 0 spiro atoms. The number of amides is 1. The summed E-state index contributed by atoms with van der Waals surface area (Å²) in [6.45, 7) is 1.34. The first-order chi connectivity index (χ1) is 13.2. The van der Waals surface area contributed by atoms with Crippen LogP contribution in [0.2, 0.25) is 0 Å². The van der Waals surface area contributed by atoms with Crippen molar-refractivity contribution in [1.82, 2.24) is 0 Å². The number of nitrogens with one attached hydrogen (secondary N) is 2. The highest BCUT2D eigenvalue weighted by Gasteiger charge is 2.20. The second kappa shape index (κ2) is 8.70. The highest BCUT2D eigenvalue weighted by molar-refractivity contribution is 7.92. The molecule has 2 N–H and O–H groups in total. The molecule has 0 saturated carbocycles. The third-order valence-electron chi connectivity index (χ3n) is 3.71. The molecule has 28 heavy (non-hydrogen) atoms. The average molecular weight is 410 g/mol. The maximum atomic E-state index is 12.8. The van der Waals surface area contributed by atoms with E-state index in [0.717, 1.165) is 0 Å². The summed E-state index contributed by atoms with van der Waals surface area (Å²) in [6.07, 6.45) is 0. The van der Waals surface area contributed by atoms with Crippen molar-refractivity contribution in [3.05, 3.63) is 30.3 Å². The van der Waals surface area contributed by atoms with Crippen LogP contribution in [0.4, 0.5) is 11.4 Å². The Morgan fingerprint density at radius 2 is 1.43 bits per heavy atom. The van der Waals surface area contributed by atoms with Crippen LogP contribution in [-0.4, -0.2) is 42.8 Å². The monoisotopic (exact) mass is 410 g/mol. The molecule has 0 radical (unpaired) electrons. The summed E-state index contributed by atoms with van der Waals surface area (Å²) >= 11 is 0. The fraction of sp³-hybridized carbons (Fsp3) is 0.278. The first kappa shape index (κ1) is 21.2. The van der Waals surface area contributed by atoms with Gasteiger partial charge < -0.3 is 24.3 Å². The van der Waals surface area contributed by atoms with Crippen molar-refractivity contribution in [3.8, 4) is 23.0 Å². The van der Waals surface area contributed by atoms with E-state index >= 15 is 0 Å². The maximum Gasteiger partial charge on any atom is 0.262 e. The molecule has 0 bridgehead atoms. The Labute approximate surface area is 163 Å². The first-order valence-corrected chi connectivity index (χ1v) is 9.52. The number of carbonyl (C=O) groups is 1. The largest absolute Gasteiger partial charge is 0.495 e. The third kappa shape index (κ3) is 4.58. The van der Waals surface area contributed by atoms with Crippen LogP contribution in [0.3, 0.4) is 0 Å². The van der Waals surface area contributed by atoms with Gasteiger partial charge in [0.2, 0.25) is 11.7 Å². The number of anilines is 2. The van der Waals surface area contributed by atoms with Gasteiger partial charge in [-0.25, -0.2) is 8.42 Å². The Balaban J connectivity index is 2.42. The van der Waals surface area contributed by atoms with Crippen molar-refractivity contribution in [2.24, 2.45) is 0 Å². The van der Waals surface area contributed by atoms with E-state index in [0.29, 0.717) is 22.9 Å². The topological polar surface area (TPSA) is 112 Å². The van der Waals surface area contributed by atoms with Crippen LogP contribution in [0.15, 0.2) is 35.2 Å². The Kier molecular flexibility index (Phi) is 6.57. The lowest BCUT2D eigenvalue weighted by molar-refractivity contribution is -0.114. The molecule has 9 nitrogen and oxygen atoms in total. The molecule has 0 aliphatic rings. The van der Waals surface area contributed by atoms with Gasteiger partial charge in [-0.3, -0.25) is 9.52 Å². The summed E-state index contributed by atoms with van der Waals surface area (Å²) < 4.78 is 48.9. The SMILES string of the molecule is COc1cc(S(=O)(=O)Nc2cc(OC)c(OC)c(OC)c2)ccc1NC(C)=O. The van der Waals surface area contributed by atoms with Crippen molar-refractivity contribution >= 4 is 27.3 Å². The number of benzene rings is 2. The van der Waals surface area contributed by atoms with Gasteiger partial charge in [-0.1, -0.05) is 0 Å². The molecule has 0 saturated heterocycles. The van der Waals surface area contributed by atoms with Gasteiger partial charge in [0.05, 0.1) is 44.7 Å². The molecule has 0 heterocycles. The third-order valence-corrected chi connectivity index (χ3v) is 5.09. The molecule has 0 unspecified atom stereocenters. The predicted octanol–water partition coefficient (Wildman–Crippen LogP) is 2.48. The summed E-state index contributed by atoms with van der Waals surface area (Å²) in [5.74, 6) is 0.859. The van der Waals surface area contributed by atoms with Crippen LogP contribution in [0, 0.1) is 0 Å². The highest BCUT2D eigenvalue weighted by Crippen LogP contribution is 2.40. The lowest BCUT2D eigenvalue weighted by atomic mass is 10.2. The zero-order valence-corrected chi connectivity index (χ0v) is 17.0. The second-order valence-corrected chi connectivity index (χ2v) is 7.25. The summed E-state index contributed by atoms with van der Waals surface area (Å²) in [7, 11) is 1.74. The van der Waals surface area contributed by atoms with Gasteiger partial charge in [-0.05, 0) is 12.1 Å². The standard InChI is InChI=1S/C18H22N2O7S/c1-11(21)19-14-7-6-13(10-15(14)24-2)28(22,23)20-12-8-16(25-3)18(27-5)17(9-12)26-4/h6-10,20H,1-5H3,(H,19,21). The van der Waals surface area contributed by atoms with Crippen molar-refractivity contribution in [3.63, 3.8) is 0 Å². The van der Waals surface area contributed by atoms with Crippen molar-refractivity contribution in [2.75, 3.05) is 38.5 Å². The van der Waals surface area contributed by atoms with Crippen LogP contribution in [-0.2, 0) is 14.8 Å². The first-order valence-electron chi connectivity index (χ1n) is 8.04. The van der Waals surface area contributed by atoms with E-state index in [1.165, 1.54) is 65.7 Å². The minimum Gasteiger partial charge on any atom is -0.495 e. The molecule has 0 aromatic heterocycles. The molecule has 2 aromatic rings. The van der Waals surface area contributed by atoms with Crippen LogP contribution >= 0.6 is 0 Å². The molecule has 10 heteroatoms. The lowest BCUT2D eigenvalue weighted by Crippen LogP contribution is -2.14. The van der Waals surface area contributed by atoms with E-state index in [-0.39, 0.29) is 22.2 Å². The van der Waals surface area contributed by atoms with Crippen molar-refractivity contribution in [2.45, 2.75) is 11.8 Å². The molecule has 1 amide bonds. The second-order valence-electron chi connectivity index (χ2n) is 5.56. The van der Waals surface area contributed by atoms with E-state index in [4.69, 9.17) is 18.9 Å². The van der Waals surface area contributed by atoms with Gasteiger partial charge in [-0.15, -0.1) is 0 Å². The van der Waals surface area contributed by atoms with Gasteiger partial charge >= 0.3 is 0 Å². The molecular weight excluding hydrogens is 388 g/mol. The van der Waals surface area contributed by atoms with E-state index in [2.05, 4.69) is 10.0 Å². The Morgan fingerprint density at radius 3 is 1.89 bits per heavy atom. The number of carbonyl (C=O) groups excluding carboxylic acids is 1. The minimum absolute atomic E-state index is 0.0489. The van der Waals surface area contributed by atoms with Crippen LogP contribution in [0.25, 0.3) is 0 Å². The van der Waals surface area contributed by atoms with E-state index < -0.39 is 10.0 Å². The zero-order chi connectivity index (χ0) is 20.9. The van der Waals surface area contributed by atoms with E-state index in [1.54, 1.807) is 0 Å². The molecule has 152 valence electrons. The van der Waals surface area contributed by atoms with Gasteiger partial charge in [0, 0.05) is 25.1 Å². The highest BCUT2D eigenvalue weighted by atomic mass is 32.2. The van der Waals surface area contributed by atoms with E-state index in [1.807, 2.05) is 0 Å². The number of rotatable bonds is 8. The van der Waals surface area contributed by atoms with Crippen LogP contribution in [0.1, 0.15) is 6.92 Å². The average Bonchev–Trinajstić information content (AvgIpc) is 2.66. The molecule has 0 fully saturated rings. The summed E-state index contributed by atoms with van der Waals surface area (Å²) in [6, 6.07) is 7.06. The predicted molar refractivity (Wildman–Crippen MR) is 104 cm³/mol. The maximum absolute atomic E-state index is 12.8. The molecular formula is C18H22N2O7S. The Hall–Kier alpha value is -3.14.